The summed E-state index contributed by atoms with van der Waals surface area (Å²) in [6, 6.07) is 21.3. The van der Waals surface area contributed by atoms with E-state index in [1.807, 2.05) is 30.3 Å². The van der Waals surface area contributed by atoms with Gasteiger partial charge in [0.05, 0.1) is 0 Å². The largest absolute Gasteiger partial charge is 0.508 e. The second-order valence-electron chi connectivity index (χ2n) is 10.4. The summed E-state index contributed by atoms with van der Waals surface area (Å²) in [5.74, 6) is -0.0278. The Labute approximate surface area is 197 Å². The molecule has 3 aromatic rings. The third-order valence-electron chi connectivity index (χ3n) is 6.98. The summed E-state index contributed by atoms with van der Waals surface area (Å²) in [5, 5.41) is 12.4. The predicted octanol–water partition coefficient (Wildman–Crippen LogP) is 7.12. The molecule has 0 atom stereocenters. The molecular formula is C30H33NO2. The normalized spacial score (nSPS) is 16.7. The van der Waals surface area contributed by atoms with E-state index in [-0.39, 0.29) is 22.5 Å². The number of phenolic OH excluding ortho intramolecular Hbond substituents is 1. The predicted molar refractivity (Wildman–Crippen MR) is 137 cm³/mol. The summed E-state index contributed by atoms with van der Waals surface area (Å²) >= 11 is 0. The van der Waals surface area contributed by atoms with E-state index in [1.54, 1.807) is 30.3 Å². The van der Waals surface area contributed by atoms with Gasteiger partial charge in [0.25, 0.3) is 0 Å². The minimum absolute atomic E-state index is 0.0867. The molecule has 0 aliphatic heterocycles. The van der Waals surface area contributed by atoms with Crippen LogP contribution in [-0.2, 0) is 15.6 Å². The Bertz CT molecular complexity index is 1200. The summed E-state index contributed by atoms with van der Waals surface area (Å²) in [4.78, 5) is 13.0. The van der Waals surface area contributed by atoms with Crippen LogP contribution >= 0.6 is 0 Å². The lowest BCUT2D eigenvalue weighted by atomic mass is 9.62. The molecule has 0 spiro atoms. The first-order valence-corrected chi connectivity index (χ1v) is 11.6. The van der Waals surface area contributed by atoms with Crippen molar-refractivity contribution < 1.29 is 9.90 Å². The Kier molecular flexibility index (Phi) is 5.92. The van der Waals surface area contributed by atoms with E-state index in [9.17, 15) is 9.90 Å². The fraction of sp³-hybridized carbons (Fsp3) is 0.300. The minimum atomic E-state index is -0.198. The average molecular weight is 440 g/mol. The number of hydrogen-bond acceptors (Lipinski definition) is 2. The van der Waals surface area contributed by atoms with Crippen LogP contribution in [0.15, 0.2) is 72.8 Å². The third-order valence-corrected chi connectivity index (χ3v) is 6.98. The number of fused-ring (bicyclic) bond motifs is 1. The van der Waals surface area contributed by atoms with Crippen LogP contribution in [0.5, 0.6) is 5.75 Å². The Morgan fingerprint density at radius 3 is 2.06 bits per heavy atom. The number of amides is 1. The number of anilines is 1. The molecule has 0 aromatic heterocycles. The number of aromatic hydroxyl groups is 1. The van der Waals surface area contributed by atoms with Gasteiger partial charge in [-0.15, -0.1) is 0 Å². The van der Waals surface area contributed by atoms with Crippen molar-refractivity contribution in [1.29, 1.82) is 0 Å². The summed E-state index contributed by atoms with van der Waals surface area (Å²) in [6.45, 7) is 11.5. The zero-order valence-electron chi connectivity index (χ0n) is 20.2. The van der Waals surface area contributed by atoms with Crippen LogP contribution in [0.1, 0.15) is 68.4 Å². The highest BCUT2D eigenvalue weighted by Gasteiger charge is 2.37. The number of benzene rings is 3. The maximum Gasteiger partial charge on any atom is 0.249 e. The van der Waals surface area contributed by atoms with Crippen molar-refractivity contribution in [1.82, 2.24) is 0 Å². The monoisotopic (exact) mass is 439 g/mol. The van der Waals surface area contributed by atoms with E-state index >= 15 is 0 Å². The number of nitrogens with one attached hydrogen (secondary N) is 1. The molecule has 1 amide bonds. The molecule has 3 nitrogen and oxygen atoms in total. The molecular weight excluding hydrogens is 406 g/mol. The van der Waals surface area contributed by atoms with Gasteiger partial charge in [-0.05, 0) is 88.3 Å². The molecule has 1 aliphatic rings. The van der Waals surface area contributed by atoms with E-state index in [2.05, 4.69) is 52.1 Å². The maximum atomic E-state index is 13.0. The van der Waals surface area contributed by atoms with Gasteiger partial charge in [-0.3, -0.25) is 4.79 Å². The van der Waals surface area contributed by atoms with Gasteiger partial charge in [-0.1, -0.05) is 70.2 Å². The molecule has 0 saturated carbocycles. The highest BCUT2D eigenvalue weighted by atomic mass is 16.3. The van der Waals surface area contributed by atoms with Crippen LogP contribution in [0.3, 0.4) is 0 Å². The second-order valence-corrected chi connectivity index (χ2v) is 10.4. The lowest BCUT2D eigenvalue weighted by Crippen LogP contribution is -2.34. The number of phenols is 1. The van der Waals surface area contributed by atoms with Gasteiger partial charge in [0.2, 0.25) is 5.91 Å². The SMILES string of the molecule is Cc1cc2c(cc1C(=CC(=O)Nc1ccc(O)cc1)c1ccccc1)C(C)(C)CCC2(C)C. The minimum Gasteiger partial charge on any atom is -0.508 e. The van der Waals surface area contributed by atoms with Crippen LogP contribution < -0.4 is 5.32 Å². The molecule has 0 bridgehead atoms. The third kappa shape index (κ3) is 4.73. The van der Waals surface area contributed by atoms with Crippen molar-refractivity contribution in [3.63, 3.8) is 0 Å². The number of hydrogen-bond donors (Lipinski definition) is 2. The van der Waals surface area contributed by atoms with Crippen molar-refractivity contribution in [2.75, 3.05) is 5.32 Å². The molecule has 0 saturated heterocycles. The number of aryl methyl sites for hydroxylation is 1. The van der Waals surface area contributed by atoms with Crippen LogP contribution in [0.25, 0.3) is 5.57 Å². The number of carbonyl (C=O) groups is 1. The van der Waals surface area contributed by atoms with Gasteiger partial charge in [-0.2, -0.15) is 0 Å². The Balaban J connectivity index is 1.83. The second kappa shape index (κ2) is 8.55. The molecule has 170 valence electrons. The molecule has 1 aliphatic carbocycles. The first-order chi connectivity index (χ1) is 15.6. The zero-order chi connectivity index (χ0) is 23.8. The van der Waals surface area contributed by atoms with Gasteiger partial charge in [0.15, 0.2) is 0 Å². The van der Waals surface area contributed by atoms with E-state index < -0.39 is 0 Å². The van der Waals surface area contributed by atoms with E-state index in [1.165, 1.54) is 23.1 Å². The van der Waals surface area contributed by atoms with Crippen LogP contribution in [0.2, 0.25) is 0 Å². The maximum absolute atomic E-state index is 13.0. The molecule has 33 heavy (non-hydrogen) atoms. The molecule has 0 fully saturated rings. The lowest BCUT2D eigenvalue weighted by Gasteiger charge is -2.42. The quantitative estimate of drug-likeness (QED) is 0.336. The summed E-state index contributed by atoms with van der Waals surface area (Å²) in [6.07, 6.45) is 4.00. The van der Waals surface area contributed by atoms with Gasteiger partial charge in [-0.25, -0.2) is 0 Å². The molecule has 4 rings (SSSR count). The van der Waals surface area contributed by atoms with Crippen molar-refractivity contribution in [2.24, 2.45) is 0 Å². The molecule has 0 unspecified atom stereocenters. The smallest absolute Gasteiger partial charge is 0.249 e. The Hall–Kier alpha value is -3.33. The lowest BCUT2D eigenvalue weighted by molar-refractivity contribution is -0.111. The highest BCUT2D eigenvalue weighted by Crippen LogP contribution is 2.47. The van der Waals surface area contributed by atoms with Crippen molar-refractivity contribution in [2.45, 2.75) is 58.3 Å². The van der Waals surface area contributed by atoms with E-state index in [4.69, 9.17) is 0 Å². The standard InChI is InChI=1S/C30H33NO2/c1-20-17-26-27(30(4,5)16-15-29(26,2)3)18-24(20)25(21-9-7-6-8-10-21)19-28(33)31-22-11-13-23(32)14-12-22/h6-14,17-19,32H,15-16H2,1-5H3,(H,31,33). The highest BCUT2D eigenvalue weighted by molar-refractivity contribution is 6.06. The fourth-order valence-electron chi connectivity index (χ4n) is 4.80. The first-order valence-electron chi connectivity index (χ1n) is 11.6. The van der Waals surface area contributed by atoms with Crippen molar-refractivity contribution >= 4 is 17.2 Å². The Morgan fingerprint density at radius 2 is 1.45 bits per heavy atom. The van der Waals surface area contributed by atoms with Crippen molar-refractivity contribution in [3.05, 3.63) is 101 Å². The number of carbonyl (C=O) groups excluding carboxylic acids is 1. The van der Waals surface area contributed by atoms with E-state index in [0.29, 0.717) is 5.69 Å². The van der Waals surface area contributed by atoms with Gasteiger partial charge in [0, 0.05) is 11.8 Å². The molecule has 2 N–H and O–H groups in total. The van der Waals surface area contributed by atoms with Crippen LogP contribution in [0, 0.1) is 6.92 Å². The topological polar surface area (TPSA) is 49.3 Å². The number of rotatable bonds is 4. The summed E-state index contributed by atoms with van der Waals surface area (Å²) in [7, 11) is 0. The van der Waals surface area contributed by atoms with Crippen molar-refractivity contribution in [3.8, 4) is 5.75 Å². The molecule has 0 radical (unpaired) electrons. The molecule has 3 heteroatoms. The Morgan fingerprint density at radius 1 is 0.879 bits per heavy atom. The fourth-order valence-corrected chi connectivity index (χ4v) is 4.80. The average Bonchev–Trinajstić information content (AvgIpc) is 2.77. The zero-order valence-corrected chi connectivity index (χ0v) is 20.2. The summed E-state index contributed by atoms with van der Waals surface area (Å²) < 4.78 is 0. The van der Waals surface area contributed by atoms with Crippen LogP contribution in [0.4, 0.5) is 5.69 Å². The first kappa shape index (κ1) is 22.8. The van der Waals surface area contributed by atoms with Crippen LogP contribution in [-0.4, -0.2) is 11.0 Å². The summed E-state index contributed by atoms with van der Waals surface area (Å²) in [5.41, 5.74) is 7.84. The van der Waals surface area contributed by atoms with Gasteiger partial charge < -0.3 is 10.4 Å². The molecule has 3 aromatic carbocycles. The van der Waals surface area contributed by atoms with Gasteiger partial charge in [0.1, 0.15) is 5.75 Å². The molecule has 0 heterocycles. The van der Waals surface area contributed by atoms with Gasteiger partial charge >= 0.3 is 0 Å². The van der Waals surface area contributed by atoms with E-state index in [0.717, 1.165) is 23.1 Å².